The minimum Gasteiger partial charge on any atom is -0.494 e. The molecule has 0 saturated carbocycles. The van der Waals surface area contributed by atoms with Crippen molar-refractivity contribution in [2.24, 2.45) is 0 Å². The summed E-state index contributed by atoms with van der Waals surface area (Å²) in [5.74, 6) is 0.273. The van der Waals surface area contributed by atoms with Crippen LogP contribution in [0.15, 0.2) is 30.3 Å². The van der Waals surface area contributed by atoms with Crippen LogP contribution in [0, 0.1) is 0 Å². The molecule has 20 heavy (non-hydrogen) atoms. The quantitative estimate of drug-likeness (QED) is 0.565. The first-order chi connectivity index (χ1) is 9.79. The molecule has 0 saturated heterocycles. The number of hydrogen-bond acceptors (Lipinski definition) is 2. The minimum atomic E-state index is -0.677. The fraction of sp³-hybridized carbons (Fsp3) is 0.588. The third-order valence-corrected chi connectivity index (χ3v) is 3.30. The topological polar surface area (TPSA) is 46.5 Å². The normalized spacial score (nSPS) is 10.4. The number of benzene rings is 1. The van der Waals surface area contributed by atoms with Crippen LogP contribution in [-0.4, -0.2) is 17.7 Å². The molecule has 0 spiro atoms. The molecule has 0 aromatic heterocycles. The molecule has 1 rings (SSSR count). The lowest BCUT2D eigenvalue weighted by atomic mass is 10.1. The van der Waals surface area contributed by atoms with Gasteiger partial charge in [0.15, 0.2) is 0 Å². The second-order valence-corrected chi connectivity index (χ2v) is 5.13. The minimum absolute atomic E-state index is 0.316. The second kappa shape index (κ2) is 11.3. The van der Waals surface area contributed by atoms with Crippen molar-refractivity contribution in [3.63, 3.8) is 0 Å². The smallest absolute Gasteiger partial charge is 0.303 e. The highest BCUT2D eigenvalue weighted by molar-refractivity contribution is 5.66. The number of unbranched alkanes of at least 4 members (excludes halogenated alkanes) is 7. The second-order valence-electron chi connectivity index (χ2n) is 5.13. The van der Waals surface area contributed by atoms with Crippen molar-refractivity contribution in [3.8, 4) is 5.75 Å². The molecule has 0 heterocycles. The van der Waals surface area contributed by atoms with Gasteiger partial charge in [0.1, 0.15) is 5.75 Å². The zero-order valence-corrected chi connectivity index (χ0v) is 12.2. The highest BCUT2D eigenvalue weighted by Crippen LogP contribution is 2.11. The van der Waals surface area contributed by atoms with Crippen molar-refractivity contribution >= 4 is 5.97 Å². The summed E-state index contributed by atoms with van der Waals surface area (Å²) in [7, 11) is 0. The molecule has 1 aromatic rings. The molecule has 112 valence electrons. The molecule has 3 nitrogen and oxygen atoms in total. The molecule has 1 aromatic carbocycles. The van der Waals surface area contributed by atoms with Crippen molar-refractivity contribution in [3.05, 3.63) is 30.3 Å². The van der Waals surface area contributed by atoms with E-state index < -0.39 is 5.97 Å². The number of carboxylic acid groups (broad SMARTS) is 1. The number of carboxylic acids is 1. The molecule has 0 aliphatic carbocycles. The summed E-state index contributed by atoms with van der Waals surface area (Å²) < 4.78 is 5.63. The number of aliphatic carboxylic acids is 1. The predicted octanol–water partition coefficient (Wildman–Crippen LogP) is 4.66. The monoisotopic (exact) mass is 278 g/mol. The van der Waals surface area contributed by atoms with Crippen molar-refractivity contribution in [1.82, 2.24) is 0 Å². The summed E-state index contributed by atoms with van der Waals surface area (Å²) in [6.45, 7) is 0.794. The van der Waals surface area contributed by atoms with E-state index in [0.717, 1.165) is 38.0 Å². The summed E-state index contributed by atoms with van der Waals surface area (Å²) in [5, 5.41) is 8.51. The molecule has 0 radical (unpaired) electrons. The van der Waals surface area contributed by atoms with Crippen LogP contribution >= 0.6 is 0 Å². The van der Waals surface area contributed by atoms with Crippen LogP contribution < -0.4 is 4.74 Å². The molecule has 0 atom stereocenters. The average molecular weight is 278 g/mol. The first kappa shape index (κ1) is 16.5. The third-order valence-electron chi connectivity index (χ3n) is 3.30. The molecule has 0 amide bonds. The Kier molecular flexibility index (Phi) is 9.37. The zero-order valence-electron chi connectivity index (χ0n) is 12.2. The molecular weight excluding hydrogens is 252 g/mol. The Hall–Kier alpha value is -1.51. The molecule has 0 aliphatic heterocycles. The Labute approximate surface area is 122 Å². The summed E-state index contributed by atoms with van der Waals surface area (Å²) in [6, 6.07) is 9.93. The largest absolute Gasteiger partial charge is 0.494 e. The number of para-hydroxylation sites is 1. The number of rotatable bonds is 12. The van der Waals surface area contributed by atoms with Crippen LogP contribution in [0.25, 0.3) is 0 Å². The summed E-state index contributed by atoms with van der Waals surface area (Å²) in [6.07, 6.45) is 9.37. The van der Waals surface area contributed by atoms with Gasteiger partial charge < -0.3 is 9.84 Å². The van der Waals surface area contributed by atoms with Crippen LogP contribution in [0.2, 0.25) is 0 Å². The van der Waals surface area contributed by atoms with Crippen LogP contribution in [0.3, 0.4) is 0 Å². The van der Waals surface area contributed by atoms with E-state index in [1.54, 1.807) is 0 Å². The summed E-state index contributed by atoms with van der Waals surface area (Å²) >= 11 is 0. The Morgan fingerprint density at radius 3 is 2.00 bits per heavy atom. The van der Waals surface area contributed by atoms with E-state index in [9.17, 15) is 4.79 Å². The van der Waals surface area contributed by atoms with E-state index in [4.69, 9.17) is 9.84 Å². The third kappa shape index (κ3) is 9.42. The molecule has 0 fully saturated rings. The Morgan fingerprint density at radius 1 is 0.850 bits per heavy atom. The van der Waals surface area contributed by atoms with Gasteiger partial charge in [-0.3, -0.25) is 4.79 Å². The maximum absolute atomic E-state index is 10.3. The predicted molar refractivity (Wildman–Crippen MR) is 81.1 cm³/mol. The van der Waals surface area contributed by atoms with E-state index in [1.807, 2.05) is 30.3 Å². The van der Waals surface area contributed by atoms with Crippen LogP contribution in [0.5, 0.6) is 5.75 Å². The molecular formula is C17H26O3. The van der Waals surface area contributed by atoms with Crippen molar-refractivity contribution < 1.29 is 14.6 Å². The van der Waals surface area contributed by atoms with Gasteiger partial charge in [0.25, 0.3) is 0 Å². The van der Waals surface area contributed by atoms with Gasteiger partial charge in [0, 0.05) is 6.42 Å². The van der Waals surface area contributed by atoms with E-state index in [-0.39, 0.29) is 0 Å². The molecule has 0 bridgehead atoms. The van der Waals surface area contributed by atoms with Crippen molar-refractivity contribution in [2.75, 3.05) is 6.61 Å². The lowest BCUT2D eigenvalue weighted by Crippen LogP contribution is -1.96. The van der Waals surface area contributed by atoms with Gasteiger partial charge >= 0.3 is 5.97 Å². The van der Waals surface area contributed by atoms with Gasteiger partial charge in [-0.2, -0.15) is 0 Å². The van der Waals surface area contributed by atoms with E-state index >= 15 is 0 Å². The molecule has 0 aliphatic rings. The van der Waals surface area contributed by atoms with Crippen LogP contribution in [0.1, 0.15) is 57.8 Å². The lowest BCUT2D eigenvalue weighted by molar-refractivity contribution is -0.137. The number of hydrogen-bond donors (Lipinski definition) is 1. The van der Waals surface area contributed by atoms with Crippen molar-refractivity contribution in [1.29, 1.82) is 0 Å². The zero-order chi connectivity index (χ0) is 14.5. The maximum Gasteiger partial charge on any atom is 0.303 e. The van der Waals surface area contributed by atoms with Crippen molar-refractivity contribution in [2.45, 2.75) is 57.8 Å². The Bertz CT molecular complexity index is 349. The lowest BCUT2D eigenvalue weighted by Gasteiger charge is -2.05. The fourth-order valence-corrected chi connectivity index (χ4v) is 2.15. The number of ether oxygens (including phenoxy) is 1. The van der Waals surface area contributed by atoms with E-state index in [0.29, 0.717) is 6.42 Å². The maximum atomic E-state index is 10.3. The SMILES string of the molecule is O=C(O)CCCCCCCCCCOc1ccccc1. The van der Waals surface area contributed by atoms with Gasteiger partial charge in [-0.1, -0.05) is 56.7 Å². The summed E-state index contributed by atoms with van der Waals surface area (Å²) in [4.78, 5) is 10.3. The van der Waals surface area contributed by atoms with Crippen LogP contribution in [-0.2, 0) is 4.79 Å². The first-order valence-electron chi connectivity index (χ1n) is 7.68. The standard InChI is InChI=1S/C17H26O3/c18-17(19)14-10-5-3-1-2-4-6-11-15-20-16-12-8-7-9-13-16/h7-9,12-13H,1-6,10-11,14-15H2,(H,18,19). The highest BCUT2D eigenvalue weighted by Gasteiger charge is 1.97. The van der Waals surface area contributed by atoms with Gasteiger partial charge in [-0.05, 0) is 25.0 Å². The van der Waals surface area contributed by atoms with E-state index in [2.05, 4.69) is 0 Å². The first-order valence-corrected chi connectivity index (χ1v) is 7.68. The molecule has 0 unspecified atom stereocenters. The van der Waals surface area contributed by atoms with Gasteiger partial charge in [-0.15, -0.1) is 0 Å². The highest BCUT2D eigenvalue weighted by atomic mass is 16.5. The number of carbonyl (C=O) groups is 1. The Balaban J connectivity index is 1.80. The molecule has 1 N–H and O–H groups in total. The van der Waals surface area contributed by atoms with Gasteiger partial charge in [0.05, 0.1) is 6.61 Å². The van der Waals surface area contributed by atoms with Crippen LogP contribution in [0.4, 0.5) is 0 Å². The Morgan fingerprint density at radius 2 is 1.40 bits per heavy atom. The molecule has 3 heteroatoms. The summed E-state index contributed by atoms with van der Waals surface area (Å²) in [5.41, 5.74) is 0. The fourth-order valence-electron chi connectivity index (χ4n) is 2.15. The van der Waals surface area contributed by atoms with Gasteiger partial charge in [-0.25, -0.2) is 0 Å². The van der Waals surface area contributed by atoms with Gasteiger partial charge in [0.2, 0.25) is 0 Å². The average Bonchev–Trinajstić information content (AvgIpc) is 2.45. The van der Waals surface area contributed by atoms with E-state index in [1.165, 1.54) is 25.7 Å².